The summed E-state index contributed by atoms with van der Waals surface area (Å²) in [5.74, 6) is 0.0893. The molecule has 0 bridgehead atoms. The number of hydrogen-bond acceptors (Lipinski definition) is 8. The molecule has 0 fully saturated rings. The summed E-state index contributed by atoms with van der Waals surface area (Å²) in [6.45, 7) is 1.68. The lowest BCUT2D eigenvalue weighted by Crippen LogP contribution is -2.11. The summed E-state index contributed by atoms with van der Waals surface area (Å²) >= 11 is 3.50. The van der Waals surface area contributed by atoms with E-state index in [-0.39, 0.29) is 5.91 Å². The van der Waals surface area contributed by atoms with Crippen LogP contribution in [0.15, 0.2) is 28.6 Å². The predicted octanol–water partition coefficient (Wildman–Crippen LogP) is 4.26. The van der Waals surface area contributed by atoms with Crippen molar-refractivity contribution >= 4 is 45.7 Å². The molecular weight excluding hydrogens is 407 g/mol. The smallest absolute Gasteiger partial charge is 0.296 e. The summed E-state index contributed by atoms with van der Waals surface area (Å²) in [7, 11) is 0. The molecule has 3 rings (SSSR count). The first kappa shape index (κ1) is 18.7. The van der Waals surface area contributed by atoms with Gasteiger partial charge in [0.15, 0.2) is 4.34 Å². The zero-order valence-electron chi connectivity index (χ0n) is 13.1. The normalized spacial score (nSPS) is 11.5. The first-order chi connectivity index (χ1) is 12.3. The number of aryl methyl sites for hydroxylation is 1. The van der Waals surface area contributed by atoms with Crippen LogP contribution in [0.2, 0.25) is 0 Å². The van der Waals surface area contributed by atoms with E-state index in [4.69, 9.17) is 0 Å². The van der Waals surface area contributed by atoms with Gasteiger partial charge in [-0.3, -0.25) is 10.1 Å². The highest BCUT2D eigenvalue weighted by Crippen LogP contribution is 2.31. The Bertz CT molecular complexity index is 907. The Morgan fingerprint density at radius 3 is 2.54 bits per heavy atom. The minimum atomic E-state index is -4.34. The van der Waals surface area contributed by atoms with Crippen LogP contribution in [0, 0.1) is 6.92 Å². The summed E-state index contributed by atoms with van der Waals surface area (Å²) in [5, 5.41) is 14.6. The SMILES string of the molecule is Cc1nnsc1C(=O)Nc1nnc(SCc2ccc(C(F)(F)F)cc2)s1. The zero-order valence-corrected chi connectivity index (χ0v) is 15.5. The van der Waals surface area contributed by atoms with E-state index in [1.165, 1.54) is 35.2 Å². The molecule has 2 heterocycles. The molecule has 3 aromatic rings. The van der Waals surface area contributed by atoms with Crippen LogP contribution in [0.4, 0.5) is 18.3 Å². The minimum Gasteiger partial charge on any atom is -0.296 e. The molecule has 2 aromatic heterocycles. The number of aromatic nitrogens is 4. The van der Waals surface area contributed by atoms with Crippen molar-refractivity contribution in [2.24, 2.45) is 0 Å². The van der Waals surface area contributed by atoms with Crippen molar-refractivity contribution in [3.8, 4) is 0 Å². The Hall–Kier alpha value is -2.05. The predicted molar refractivity (Wildman–Crippen MR) is 93.5 cm³/mol. The topological polar surface area (TPSA) is 80.7 Å². The lowest BCUT2D eigenvalue weighted by molar-refractivity contribution is -0.137. The molecule has 0 aliphatic rings. The van der Waals surface area contributed by atoms with Crippen LogP contribution in [0.1, 0.15) is 26.5 Å². The van der Waals surface area contributed by atoms with Crippen molar-refractivity contribution in [3.05, 3.63) is 46.0 Å². The van der Waals surface area contributed by atoms with Gasteiger partial charge in [-0.25, -0.2) is 0 Å². The number of halogens is 3. The third-order valence-electron chi connectivity index (χ3n) is 3.13. The Morgan fingerprint density at radius 2 is 1.92 bits per heavy atom. The number of amides is 1. The molecule has 12 heteroatoms. The van der Waals surface area contributed by atoms with E-state index in [1.54, 1.807) is 6.92 Å². The van der Waals surface area contributed by atoms with Gasteiger partial charge in [0.1, 0.15) is 4.88 Å². The summed E-state index contributed by atoms with van der Waals surface area (Å²) in [6.07, 6.45) is -4.34. The first-order valence-electron chi connectivity index (χ1n) is 7.05. The number of alkyl halides is 3. The molecule has 136 valence electrons. The van der Waals surface area contributed by atoms with E-state index in [0.29, 0.717) is 25.8 Å². The number of nitrogens with zero attached hydrogens (tertiary/aromatic N) is 4. The van der Waals surface area contributed by atoms with E-state index in [1.807, 2.05) is 0 Å². The lowest BCUT2D eigenvalue weighted by Gasteiger charge is -2.06. The molecule has 0 atom stereocenters. The first-order valence-corrected chi connectivity index (χ1v) is 9.63. The molecule has 0 radical (unpaired) electrons. The Balaban J connectivity index is 1.57. The van der Waals surface area contributed by atoms with Gasteiger partial charge >= 0.3 is 6.18 Å². The van der Waals surface area contributed by atoms with Crippen molar-refractivity contribution in [2.75, 3.05) is 5.32 Å². The summed E-state index contributed by atoms with van der Waals surface area (Å²) in [5.41, 5.74) is 0.587. The van der Waals surface area contributed by atoms with Crippen molar-refractivity contribution in [3.63, 3.8) is 0 Å². The molecule has 0 spiro atoms. The molecule has 0 saturated carbocycles. The van der Waals surface area contributed by atoms with Crippen LogP contribution in [0.5, 0.6) is 0 Å². The molecule has 0 aliphatic carbocycles. The second-order valence-corrected chi connectivity index (χ2v) is 7.95. The zero-order chi connectivity index (χ0) is 18.7. The van der Waals surface area contributed by atoms with E-state index in [9.17, 15) is 18.0 Å². The Labute approximate surface area is 158 Å². The van der Waals surface area contributed by atoms with Crippen molar-refractivity contribution in [1.82, 2.24) is 19.8 Å². The number of thioether (sulfide) groups is 1. The fraction of sp³-hybridized carbons (Fsp3) is 0.214. The van der Waals surface area contributed by atoms with Gasteiger partial charge in [-0.05, 0) is 36.2 Å². The number of nitrogens with one attached hydrogen (secondary N) is 1. The number of anilines is 1. The van der Waals surface area contributed by atoms with Crippen LogP contribution in [-0.4, -0.2) is 25.7 Å². The molecule has 1 amide bonds. The number of rotatable bonds is 5. The van der Waals surface area contributed by atoms with Gasteiger partial charge in [0.2, 0.25) is 5.13 Å². The number of benzene rings is 1. The maximum atomic E-state index is 12.5. The quantitative estimate of drug-likeness (QED) is 0.494. The van der Waals surface area contributed by atoms with Crippen LogP contribution >= 0.6 is 34.6 Å². The monoisotopic (exact) mass is 417 g/mol. The molecule has 0 unspecified atom stereocenters. The summed E-state index contributed by atoms with van der Waals surface area (Å²) in [6, 6.07) is 4.96. The van der Waals surface area contributed by atoms with Gasteiger partial charge in [0.05, 0.1) is 11.3 Å². The third kappa shape index (κ3) is 4.56. The average molecular weight is 417 g/mol. The molecular formula is C14H10F3N5OS3. The second-order valence-electron chi connectivity index (χ2n) is 5.00. The van der Waals surface area contributed by atoms with Gasteiger partial charge < -0.3 is 0 Å². The number of carbonyl (C=O) groups is 1. The Kier molecular flexibility index (Phi) is 5.53. The van der Waals surface area contributed by atoms with E-state index < -0.39 is 11.7 Å². The molecule has 1 N–H and O–H groups in total. The fourth-order valence-corrected chi connectivity index (χ4v) is 4.10. The van der Waals surface area contributed by atoms with Gasteiger partial charge in [-0.1, -0.05) is 39.7 Å². The lowest BCUT2D eigenvalue weighted by atomic mass is 10.1. The summed E-state index contributed by atoms with van der Waals surface area (Å²) < 4.78 is 41.9. The van der Waals surface area contributed by atoms with E-state index >= 15 is 0 Å². The highest BCUT2D eigenvalue weighted by Gasteiger charge is 2.29. The van der Waals surface area contributed by atoms with E-state index in [0.717, 1.165) is 29.2 Å². The summed E-state index contributed by atoms with van der Waals surface area (Å²) in [4.78, 5) is 12.5. The second kappa shape index (κ2) is 7.68. The largest absolute Gasteiger partial charge is 0.416 e. The van der Waals surface area contributed by atoms with Crippen LogP contribution in [0.25, 0.3) is 0 Å². The average Bonchev–Trinajstić information content (AvgIpc) is 3.21. The third-order valence-corrected chi connectivity index (χ3v) is 6.00. The minimum absolute atomic E-state index is 0.331. The van der Waals surface area contributed by atoms with Crippen LogP contribution < -0.4 is 5.32 Å². The van der Waals surface area contributed by atoms with Crippen molar-refractivity contribution in [1.29, 1.82) is 0 Å². The highest BCUT2D eigenvalue weighted by molar-refractivity contribution is 8.00. The number of hydrogen-bond donors (Lipinski definition) is 1. The molecule has 1 aromatic carbocycles. The van der Waals surface area contributed by atoms with Crippen LogP contribution in [0.3, 0.4) is 0 Å². The van der Waals surface area contributed by atoms with E-state index in [2.05, 4.69) is 25.1 Å². The van der Waals surface area contributed by atoms with Gasteiger partial charge in [0, 0.05) is 5.75 Å². The number of carbonyl (C=O) groups excluding carboxylic acids is 1. The van der Waals surface area contributed by atoms with Gasteiger partial charge in [-0.15, -0.1) is 15.3 Å². The molecule has 6 nitrogen and oxygen atoms in total. The Morgan fingerprint density at radius 1 is 1.19 bits per heavy atom. The molecule has 0 saturated heterocycles. The fourth-order valence-electron chi connectivity index (χ4n) is 1.85. The maximum absolute atomic E-state index is 12.5. The highest BCUT2D eigenvalue weighted by atomic mass is 32.2. The molecule has 26 heavy (non-hydrogen) atoms. The maximum Gasteiger partial charge on any atom is 0.416 e. The van der Waals surface area contributed by atoms with Gasteiger partial charge in [0.25, 0.3) is 5.91 Å². The standard InChI is InChI=1S/C14H10F3N5OS3/c1-7-10(26-22-19-7)11(23)18-12-20-21-13(25-12)24-6-8-2-4-9(5-3-8)14(15,16)17/h2-5H,6H2,1H3,(H,18,20,23). The molecule has 0 aliphatic heterocycles. The van der Waals surface area contributed by atoms with Crippen LogP contribution in [-0.2, 0) is 11.9 Å². The van der Waals surface area contributed by atoms with Crippen molar-refractivity contribution < 1.29 is 18.0 Å². The van der Waals surface area contributed by atoms with Gasteiger partial charge in [-0.2, -0.15) is 13.2 Å². The van der Waals surface area contributed by atoms with Crippen molar-refractivity contribution in [2.45, 2.75) is 23.2 Å².